The summed E-state index contributed by atoms with van der Waals surface area (Å²) in [7, 11) is -21.9. The van der Waals surface area contributed by atoms with E-state index in [2.05, 4.69) is 18.9 Å². The van der Waals surface area contributed by atoms with E-state index in [9.17, 15) is 33.7 Å². The molecule has 0 aromatic rings. The highest BCUT2D eigenvalue weighted by Gasteiger charge is 2.72. The zero-order valence-electron chi connectivity index (χ0n) is 29.7. The molecule has 0 aliphatic carbocycles. The number of hydrogen-bond acceptors (Lipinski definition) is 12. The second kappa shape index (κ2) is 26.4. The third kappa shape index (κ3) is 16.4. The summed E-state index contributed by atoms with van der Waals surface area (Å²) in [6.07, 6.45) is 4.81. The Morgan fingerprint density at radius 1 is 0.451 bits per heavy atom. The quantitative estimate of drug-likeness (QED) is 0.0694. The zero-order valence-corrected chi connectivity index (χ0v) is 33.0. The molecule has 0 heterocycles. The molecule has 0 saturated carbocycles. The fourth-order valence-electron chi connectivity index (χ4n) is 5.31. The molecule has 0 rings (SSSR count). The topological polar surface area (TPSA) is 280 Å². The first-order valence-electron chi connectivity index (χ1n) is 17.6. The van der Waals surface area contributed by atoms with E-state index >= 15 is 0 Å². The lowest BCUT2D eigenvalue weighted by Gasteiger charge is -2.38. The lowest BCUT2D eigenvalue weighted by atomic mass is 10.2. The standard InChI is InChI=1S/C31H56N8O8S4/c1-2-3-12-21-30(48(40,41)36-26-17-8-4-13-22-32)31(49(42,43)37-27-18-9-5-14-23-33,50(44,45)38-28-19-10-6-15-24-34)51(46,47)39-29-20-11-7-16-25-35/h30,36-39H,2-21,26-29H2,1H3. The lowest BCUT2D eigenvalue weighted by molar-refractivity contribution is 0.491. The van der Waals surface area contributed by atoms with Crippen LogP contribution in [0.5, 0.6) is 0 Å². The number of nitriles is 4. The van der Waals surface area contributed by atoms with Crippen LogP contribution < -0.4 is 18.9 Å². The summed E-state index contributed by atoms with van der Waals surface area (Å²) in [6, 6.07) is 7.87. The maximum absolute atomic E-state index is 14.6. The van der Waals surface area contributed by atoms with Crippen LogP contribution in [0, 0.1) is 45.3 Å². The highest BCUT2D eigenvalue weighted by atomic mass is 32.3. The van der Waals surface area contributed by atoms with Crippen LogP contribution in [0.25, 0.3) is 0 Å². The lowest BCUT2D eigenvalue weighted by Crippen LogP contribution is -2.71. The number of nitrogens with zero attached hydrogens (tertiary/aromatic N) is 4. The Morgan fingerprint density at radius 3 is 1.06 bits per heavy atom. The molecule has 0 aromatic carbocycles. The molecule has 0 aliphatic rings. The maximum atomic E-state index is 14.6. The molecule has 4 N–H and O–H groups in total. The van der Waals surface area contributed by atoms with Crippen LogP contribution in [0.1, 0.15) is 135 Å². The van der Waals surface area contributed by atoms with E-state index in [1.165, 1.54) is 0 Å². The Labute approximate surface area is 307 Å². The number of hydrogen-bond donors (Lipinski definition) is 4. The first-order valence-corrected chi connectivity index (χ1v) is 23.6. The van der Waals surface area contributed by atoms with Crippen molar-refractivity contribution in [1.82, 2.24) is 18.9 Å². The van der Waals surface area contributed by atoms with E-state index in [4.69, 9.17) is 21.0 Å². The van der Waals surface area contributed by atoms with Crippen LogP contribution >= 0.6 is 0 Å². The van der Waals surface area contributed by atoms with Gasteiger partial charge in [-0.15, -0.1) is 0 Å². The fraction of sp³-hybridized carbons (Fsp3) is 0.871. The van der Waals surface area contributed by atoms with Gasteiger partial charge >= 0.3 is 3.41 Å². The average molecular weight is 797 g/mol. The van der Waals surface area contributed by atoms with Gasteiger partial charge in [-0.05, 0) is 57.8 Å². The molecule has 0 radical (unpaired) electrons. The van der Waals surface area contributed by atoms with Gasteiger partial charge in [0.1, 0.15) is 5.25 Å². The Balaban J connectivity index is 7.43. The normalized spacial score (nSPS) is 13.1. The monoisotopic (exact) mass is 796 g/mol. The van der Waals surface area contributed by atoms with Crippen LogP contribution in [0.4, 0.5) is 0 Å². The van der Waals surface area contributed by atoms with E-state index in [1.54, 1.807) is 6.92 Å². The van der Waals surface area contributed by atoms with Crippen molar-refractivity contribution in [3.05, 3.63) is 0 Å². The van der Waals surface area contributed by atoms with Crippen LogP contribution in [0.3, 0.4) is 0 Å². The van der Waals surface area contributed by atoms with Gasteiger partial charge < -0.3 is 0 Å². The van der Waals surface area contributed by atoms with Crippen molar-refractivity contribution < 1.29 is 33.7 Å². The van der Waals surface area contributed by atoms with Crippen LogP contribution in [-0.2, 0) is 40.1 Å². The van der Waals surface area contributed by atoms with E-state index in [1.807, 2.05) is 24.3 Å². The summed E-state index contributed by atoms with van der Waals surface area (Å²) < 4.78 is 120. The predicted octanol–water partition coefficient (Wildman–Crippen LogP) is 3.60. The summed E-state index contributed by atoms with van der Waals surface area (Å²) in [5.74, 6) is 0. The molecular formula is C31H56N8O8S4. The first kappa shape index (κ1) is 48.6. The minimum atomic E-state index is -5.61. The van der Waals surface area contributed by atoms with Gasteiger partial charge in [0.25, 0.3) is 30.1 Å². The summed E-state index contributed by atoms with van der Waals surface area (Å²) in [5.41, 5.74) is 0. The summed E-state index contributed by atoms with van der Waals surface area (Å²) >= 11 is 0. The smallest absolute Gasteiger partial charge is 0.215 e. The molecule has 0 saturated heterocycles. The van der Waals surface area contributed by atoms with Crippen molar-refractivity contribution in [3.63, 3.8) is 0 Å². The van der Waals surface area contributed by atoms with Crippen molar-refractivity contribution in [2.24, 2.45) is 0 Å². The van der Waals surface area contributed by atoms with E-state index in [0.717, 1.165) is 0 Å². The van der Waals surface area contributed by atoms with Gasteiger partial charge in [-0.3, -0.25) is 0 Å². The second-order valence-corrected chi connectivity index (χ2v) is 20.6. The molecule has 1 unspecified atom stereocenters. The first-order chi connectivity index (χ1) is 24.2. The number of nitrogens with one attached hydrogen (secondary N) is 4. The molecule has 16 nitrogen and oxygen atoms in total. The van der Waals surface area contributed by atoms with Gasteiger partial charge in [-0.1, -0.05) is 51.9 Å². The maximum Gasteiger partial charge on any atom is 0.330 e. The van der Waals surface area contributed by atoms with E-state index in [0.29, 0.717) is 64.2 Å². The third-order valence-electron chi connectivity index (χ3n) is 8.00. The van der Waals surface area contributed by atoms with Crippen molar-refractivity contribution in [1.29, 1.82) is 21.0 Å². The van der Waals surface area contributed by atoms with Gasteiger partial charge in [-0.25, -0.2) is 52.6 Å². The number of sulfonamides is 4. The SMILES string of the molecule is CCCCCC(C(S(=O)(=O)NCCCCCC#N)(S(=O)(=O)NCCCCCC#N)S(=O)(=O)NCCCCCC#N)S(=O)(=O)NCCCCCC#N. The molecular weight excluding hydrogens is 741 g/mol. The van der Waals surface area contributed by atoms with E-state index < -0.39 is 74.8 Å². The van der Waals surface area contributed by atoms with Crippen LogP contribution in [-0.4, -0.2) is 68.5 Å². The number of unbranched alkanes of at least 4 members (excludes halogenated alkanes) is 14. The molecule has 51 heavy (non-hydrogen) atoms. The van der Waals surface area contributed by atoms with Gasteiger partial charge in [0.15, 0.2) is 0 Å². The minimum Gasteiger partial charge on any atom is -0.215 e. The third-order valence-corrected chi connectivity index (χ3v) is 19.2. The largest absolute Gasteiger partial charge is 0.330 e. The molecule has 0 aromatic heterocycles. The van der Waals surface area contributed by atoms with Gasteiger partial charge in [0.05, 0.1) is 24.3 Å². The Kier molecular flexibility index (Phi) is 25.1. The Morgan fingerprint density at radius 2 is 0.765 bits per heavy atom. The molecule has 0 amide bonds. The summed E-state index contributed by atoms with van der Waals surface area (Å²) in [6.45, 7) is 0.278. The molecule has 0 spiro atoms. The molecule has 0 bridgehead atoms. The van der Waals surface area contributed by atoms with Crippen LogP contribution in [0.2, 0.25) is 0 Å². The number of rotatable bonds is 33. The van der Waals surface area contributed by atoms with E-state index in [-0.39, 0.29) is 64.3 Å². The van der Waals surface area contributed by atoms with Crippen molar-refractivity contribution >= 4 is 40.1 Å². The van der Waals surface area contributed by atoms with Gasteiger partial charge in [-0.2, -0.15) is 21.0 Å². The Bertz CT molecular complexity index is 1470. The van der Waals surface area contributed by atoms with Crippen LogP contribution in [0.15, 0.2) is 0 Å². The van der Waals surface area contributed by atoms with Crippen molar-refractivity contribution in [2.45, 2.75) is 144 Å². The summed E-state index contributed by atoms with van der Waals surface area (Å²) in [4.78, 5) is 0. The average Bonchev–Trinajstić information content (AvgIpc) is 3.06. The molecule has 0 aliphatic heterocycles. The van der Waals surface area contributed by atoms with Gasteiger partial charge in [0, 0.05) is 51.9 Å². The summed E-state index contributed by atoms with van der Waals surface area (Å²) in [5, 5.41) is 32.8. The molecule has 0 fully saturated rings. The zero-order chi connectivity index (χ0) is 38.7. The fourth-order valence-corrected chi connectivity index (χ4v) is 16.8. The molecule has 1 atom stereocenters. The molecule has 20 heteroatoms. The minimum absolute atomic E-state index is 0.0109. The highest BCUT2D eigenvalue weighted by molar-refractivity contribution is 8.25. The highest BCUT2D eigenvalue weighted by Crippen LogP contribution is 2.40. The molecule has 292 valence electrons. The second-order valence-electron chi connectivity index (χ2n) is 12.1. The van der Waals surface area contributed by atoms with Crippen molar-refractivity contribution in [3.8, 4) is 24.3 Å². The van der Waals surface area contributed by atoms with Gasteiger partial charge in [0.2, 0.25) is 10.0 Å². The van der Waals surface area contributed by atoms with Crippen molar-refractivity contribution in [2.75, 3.05) is 26.2 Å². The Hall–Kier alpha value is -2.40. The predicted molar refractivity (Wildman–Crippen MR) is 195 cm³/mol.